The van der Waals surface area contributed by atoms with Crippen LogP contribution in [0, 0.1) is 0 Å². The molecule has 0 radical (unpaired) electrons. The predicted octanol–water partition coefficient (Wildman–Crippen LogP) is 4.53. The SMILES string of the molecule is O=C(NCc1ccc(Cl)s1)C1(c2ccc(Br)cc2)CCOCC1. The van der Waals surface area contributed by atoms with E-state index in [1.807, 2.05) is 36.4 Å². The highest BCUT2D eigenvalue weighted by Gasteiger charge is 2.41. The molecular formula is C17H17BrClNO2S. The zero-order valence-electron chi connectivity index (χ0n) is 12.5. The number of carbonyl (C=O) groups excluding carboxylic acids is 1. The lowest BCUT2D eigenvalue weighted by Crippen LogP contribution is -2.47. The molecule has 1 amide bonds. The molecule has 0 spiro atoms. The van der Waals surface area contributed by atoms with Gasteiger partial charge in [-0.15, -0.1) is 11.3 Å². The maximum atomic E-state index is 13.0. The Morgan fingerprint density at radius 2 is 1.91 bits per heavy atom. The van der Waals surface area contributed by atoms with Crippen LogP contribution < -0.4 is 5.32 Å². The summed E-state index contributed by atoms with van der Waals surface area (Å²) in [5.41, 5.74) is 0.533. The van der Waals surface area contributed by atoms with Crippen LogP contribution >= 0.6 is 38.9 Å². The summed E-state index contributed by atoms with van der Waals surface area (Å²) >= 11 is 10.9. The van der Waals surface area contributed by atoms with Gasteiger partial charge in [-0.3, -0.25) is 4.79 Å². The van der Waals surface area contributed by atoms with Gasteiger partial charge in [0, 0.05) is 22.6 Å². The number of hydrogen-bond acceptors (Lipinski definition) is 3. The molecule has 1 aliphatic rings. The highest BCUT2D eigenvalue weighted by molar-refractivity contribution is 9.10. The first-order chi connectivity index (χ1) is 11.1. The fraction of sp³-hybridized carbons (Fsp3) is 0.353. The topological polar surface area (TPSA) is 38.3 Å². The number of nitrogens with one attached hydrogen (secondary N) is 1. The Hall–Kier alpha value is -0.880. The number of benzene rings is 1. The monoisotopic (exact) mass is 413 g/mol. The number of halogens is 2. The minimum absolute atomic E-state index is 0.0626. The van der Waals surface area contributed by atoms with Crippen molar-refractivity contribution in [1.29, 1.82) is 0 Å². The maximum absolute atomic E-state index is 13.0. The van der Waals surface area contributed by atoms with E-state index in [1.54, 1.807) is 0 Å². The molecular weight excluding hydrogens is 398 g/mol. The molecule has 1 aromatic heterocycles. The van der Waals surface area contributed by atoms with Crippen molar-refractivity contribution in [2.45, 2.75) is 24.8 Å². The van der Waals surface area contributed by atoms with Crippen molar-refractivity contribution < 1.29 is 9.53 Å². The summed E-state index contributed by atoms with van der Waals surface area (Å²) in [5.74, 6) is 0.0626. The summed E-state index contributed by atoms with van der Waals surface area (Å²) in [7, 11) is 0. The van der Waals surface area contributed by atoms with Crippen molar-refractivity contribution in [3.63, 3.8) is 0 Å². The third kappa shape index (κ3) is 3.79. The molecule has 2 heterocycles. The minimum Gasteiger partial charge on any atom is -0.381 e. The van der Waals surface area contributed by atoms with Crippen molar-refractivity contribution >= 4 is 44.8 Å². The second-order valence-corrected chi connectivity index (χ2v) is 8.31. The number of thiophene rings is 1. The van der Waals surface area contributed by atoms with Gasteiger partial charge in [-0.25, -0.2) is 0 Å². The minimum atomic E-state index is -0.514. The number of hydrogen-bond donors (Lipinski definition) is 1. The van der Waals surface area contributed by atoms with Crippen molar-refractivity contribution in [3.8, 4) is 0 Å². The molecule has 6 heteroatoms. The van der Waals surface area contributed by atoms with Gasteiger partial charge in [-0.2, -0.15) is 0 Å². The van der Waals surface area contributed by atoms with Gasteiger partial charge >= 0.3 is 0 Å². The highest BCUT2D eigenvalue weighted by atomic mass is 79.9. The van der Waals surface area contributed by atoms with Crippen LogP contribution in [0.2, 0.25) is 4.34 Å². The Balaban J connectivity index is 1.80. The Kier molecular flexibility index (Phi) is 5.42. The fourth-order valence-electron chi connectivity index (χ4n) is 2.92. The van der Waals surface area contributed by atoms with Gasteiger partial charge in [-0.05, 0) is 42.7 Å². The Bertz CT molecular complexity index is 680. The first-order valence-electron chi connectivity index (χ1n) is 7.46. The van der Waals surface area contributed by atoms with Gasteiger partial charge in [-0.1, -0.05) is 39.7 Å². The molecule has 0 bridgehead atoms. The van der Waals surface area contributed by atoms with E-state index in [4.69, 9.17) is 16.3 Å². The van der Waals surface area contributed by atoms with E-state index in [0.717, 1.165) is 19.2 Å². The molecule has 0 atom stereocenters. The lowest BCUT2D eigenvalue weighted by Gasteiger charge is -2.36. The van der Waals surface area contributed by atoms with Crippen LogP contribution in [0.5, 0.6) is 0 Å². The van der Waals surface area contributed by atoms with E-state index in [-0.39, 0.29) is 5.91 Å². The first-order valence-corrected chi connectivity index (χ1v) is 9.45. The predicted molar refractivity (Wildman–Crippen MR) is 97.0 cm³/mol. The fourth-order valence-corrected chi connectivity index (χ4v) is 4.21. The lowest BCUT2D eigenvalue weighted by molar-refractivity contribution is -0.130. The summed E-state index contributed by atoms with van der Waals surface area (Å²) < 4.78 is 7.23. The number of rotatable bonds is 4. The summed E-state index contributed by atoms with van der Waals surface area (Å²) in [6.45, 7) is 1.72. The molecule has 1 aliphatic heterocycles. The summed E-state index contributed by atoms with van der Waals surface area (Å²) in [4.78, 5) is 14.0. The number of amides is 1. The molecule has 0 unspecified atom stereocenters. The second kappa shape index (κ2) is 7.34. The van der Waals surface area contributed by atoms with Crippen LogP contribution in [0.1, 0.15) is 23.3 Å². The van der Waals surface area contributed by atoms with E-state index < -0.39 is 5.41 Å². The van der Waals surface area contributed by atoms with E-state index in [9.17, 15) is 4.79 Å². The van der Waals surface area contributed by atoms with Crippen LogP contribution in [0.15, 0.2) is 40.9 Å². The molecule has 3 rings (SSSR count). The standard InChI is InChI=1S/C17H17BrClNO2S/c18-13-3-1-12(2-4-13)17(7-9-22-10-8-17)16(21)20-11-14-5-6-15(19)23-14/h1-6H,7-11H2,(H,20,21). The molecule has 0 aliphatic carbocycles. The maximum Gasteiger partial charge on any atom is 0.231 e. The van der Waals surface area contributed by atoms with Gasteiger partial charge in [0.2, 0.25) is 5.91 Å². The first kappa shape index (κ1) is 17.0. The van der Waals surface area contributed by atoms with E-state index >= 15 is 0 Å². The zero-order chi connectivity index (χ0) is 16.3. The zero-order valence-corrected chi connectivity index (χ0v) is 15.6. The largest absolute Gasteiger partial charge is 0.381 e. The van der Waals surface area contributed by atoms with Crippen molar-refractivity contribution in [2.75, 3.05) is 13.2 Å². The normalized spacial score (nSPS) is 17.0. The lowest BCUT2D eigenvalue weighted by atomic mass is 9.73. The average molecular weight is 415 g/mol. The van der Waals surface area contributed by atoms with Gasteiger partial charge in [0.15, 0.2) is 0 Å². The van der Waals surface area contributed by atoms with Crippen LogP contribution in [0.4, 0.5) is 0 Å². The molecule has 1 aromatic carbocycles. The third-order valence-corrected chi connectivity index (χ3v) is 5.99. The van der Waals surface area contributed by atoms with Crippen molar-refractivity contribution in [3.05, 3.63) is 55.6 Å². The number of ether oxygens (including phenoxy) is 1. The van der Waals surface area contributed by atoms with E-state index in [2.05, 4.69) is 21.2 Å². The number of carbonyl (C=O) groups is 1. The Morgan fingerprint density at radius 1 is 1.22 bits per heavy atom. The molecule has 1 fully saturated rings. The molecule has 2 aromatic rings. The van der Waals surface area contributed by atoms with Gasteiger partial charge in [0.1, 0.15) is 0 Å². The van der Waals surface area contributed by atoms with Crippen molar-refractivity contribution in [1.82, 2.24) is 5.32 Å². The molecule has 23 heavy (non-hydrogen) atoms. The molecule has 3 nitrogen and oxygen atoms in total. The van der Waals surface area contributed by atoms with Gasteiger partial charge in [0.25, 0.3) is 0 Å². The van der Waals surface area contributed by atoms with Crippen LogP contribution in [0.3, 0.4) is 0 Å². The van der Waals surface area contributed by atoms with Gasteiger partial charge < -0.3 is 10.1 Å². The average Bonchev–Trinajstić information content (AvgIpc) is 2.99. The molecule has 1 N–H and O–H groups in total. The summed E-state index contributed by atoms with van der Waals surface area (Å²) in [6.07, 6.45) is 1.40. The van der Waals surface area contributed by atoms with Crippen molar-refractivity contribution in [2.24, 2.45) is 0 Å². The second-order valence-electron chi connectivity index (χ2n) is 5.59. The smallest absolute Gasteiger partial charge is 0.231 e. The van der Waals surface area contributed by atoms with E-state index in [0.29, 0.717) is 32.6 Å². The third-order valence-electron chi connectivity index (χ3n) is 4.23. The molecule has 122 valence electrons. The van der Waals surface area contributed by atoms with Crippen LogP contribution in [-0.4, -0.2) is 19.1 Å². The summed E-state index contributed by atoms with van der Waals surface area (Å²) in [5, 5.41) is 3.08. The summed E-state index contributed by atoms with van der Waals surface area (Å²) in [6, 6.07) is 11.8. The Morgan fingerprint density at radius 3 is 2.52 bits per heavy atom. The van der Waals surface area contributed by atoms with Crippen LogP contribution in [0.25, 0.3) is 0 Å². The molecule has 1 saturated heterocycles. The highest BCUT2D eigenvalue weighted by Crippen LogP contribution is 2.36. The van der Waals surface area contributed by atoms with Crippen LogP contribution in [-0.2, 0) is 21.5 Å². The quantitative estimate of drug-likeness (QED) is 0.798. The van der Waals surface area contributed by atoms with E-state index in [1.165, 1.54) is 11.3 Å². The van der Waals surface area contributed by atoms with Gasteiger partial charge in [0.05, 0.1) is 16.3 Å². The molecule has 0 saturated carbocycles. The Labute approximate surface area is 153 Å².